The number of nitrogens with zero attached hydrogens (tertiary/aromatic N) is 1. The van der Waals surface area contributed by atoms with E-state index in [4.69, 9.17) is 0 Å². The molecule has 2 aliphatic rings. The molecular weight excluding hydrogens is 276 g/mol. The Balaban J connectivity index is 1.73. The average Bonchev–Trinajstić information content (AvgIpc) is 2.46. The molecule has 20 heavy (non-hydrogen) atoms. The fourth-order valence-corrected chi connectivity index (χ4v) is 3.92. The van der Waals surface area contributed by atoms with E-state index in [9.17, 15) is 14.7 Å². The summed E-state index contributed by atoms with van der Waals surface area (Å²) < 4.78 is 0. The first-order valence-electron chi connectivity index (χ1n) is 7.35. The molecule has 0 bridgehead atoms. The van der Waals surface area contributed by atoms with Crippen LogP contribution in [0.5, 0.6) is 0 Å². The molecule has 114 valence electrons. The molecule has 0 aliphatic carbocycles. The molecule has 2 amide bonds. The Bertz CT molecular complexity index is 361. The van der Waals surface area contributed by atoms with Gasteiger partial charge in [-0.15, -0.1) is 0 Å². The number of aliphatic carboxylic acids is 1. The summed E-state index contributed by atoms with van der Waals surface area (Å²) in [7, 11) is 0. The zero-order chi connectivity index (χ0) is 14.6. The van der Waals surface area contributed by atoms with Crippen LogP contribution in [0, 0.1) is 11.3 Å². The molecule has 0 aromatic rings. The van der Waals surface area contributed by atoms with Crippen molar-refractivity contribution in [3.63, 3.8) is 0 Å². The second-order valence-electron chi connectivity index (χ2n) is 6.09. The van der Waals surface area contributed by atoms with Gasteiger partial charge in [-0.1, -0.05) is 0 Å². The van der Waals surface area contributed by atoms with Gasteiger partial charge < -0.3 is 15.3 Å². The van der Waals surface area contributed by atoms with Gasteiger partial charge >= 0.3 is 12.0 Å². The second kappa shape index (κ2) is 6.70. The van der Waals surface area contributed by atoms with Crippen molar-refractivity contribution >= 4 is 23.8 Å². The molecule has 0 aromatic carbocycles. The van der Waals surface area contributed by atoms with E-state index >= 15 is 0 Å². The Morgan fingerprint density at radius 3 is 2.45 bits per heavy atom. The number of carbonyl (C=O) groups is 2. The Morgan fingerprint density at radius 2 is 1.90 bits per heavy atom. The van der Waals surface area contributed by atoms with Crippen LogP contribution in [0.15, 0.2) is 0 Å². The molecule has 2 saturated heterocycles. The summed E-state index contributed by atoms with van der Waals surface area (Å²) in [6.45, 7) is 3.60. The molecule has 0 saturated carbocycles. The maximum absolute atomic E-state index is 12.1. The maximum Gasteiger partial charge on any atom is 0.317 e. The summed E-state index contributed by atoms with van der Waals surface area (Å²) in [6, 6.07) is -0.0318. The van der Waals surface area contributed by atoms with E-state index in [-0.39, 0.29) is 6.03 Å². The Hall–Kier alpha value is -0.910. The van der Waals surface area contributed by atoms with E-state index in [1.807, 2.05) is 11.8 Å². The minimum atomic E-state index is -0.753. The number of piperidine rings is 1. The van der Waals surface area contributed by atoms with E-state index < -0.39 is 11.4 Å². The van der Waals surface area contributed by atoms with Crippen LogP contribution in [0.1, 0.15) is 32.6 Å². The van der Waals surface area contributed by atoms with Gasteiger partial charge in [-0.25, -0.2) is 4.79 Å². The van der Waals surface area contributed by atoms with E-state index in [0.717, 1.165) is 6.54 Å². The van der Waals surface area contributed by atoms with Crippen LogP contribution in [0.25, 0.3) is 0 Å². The van der Waals surface area contributed by atoms with Crippen LogP contribution in [0.4, 0.5) is 4.79 Å². The van der Waals surface area contributed by atoms with Crippen LogP contribution in [0.2, 0.25) is 0 Å². The highest BCUT2D eigenvalue weighted by Crippen LogP contribution is 2.31. The van der Waals surface area contributed by atoms with E-state index in [1.165, 1.54) is 24.3 Å². The van der Waals surface area contributed by atoms with Crippen molar-refractivity contribution in [1.82, 2.24) is 10.2 Å². The standard InChI is InChI=1S/C14H24N2O3S/c1-14(12(17)18)4-6-16(7-5-14)13(19)15-10-11-2-8-20-9-3-11/h11H,2-10H2,1H3,(H,15,19)(H,17,18). The van der Waals surface area contributed by atoms with Crippen molar-refractivity contribution in [1.29, 1.82) is 0 Å². The van der Waals surface area contributed by atoms with Crippen LogP contribution >= 0.6 is 11.8 Å². The number of hydrogen-bond donors (Lipinski definition) is 2. The third-order valence-corrected chi connectivity index (χ3v) is 5.60. The van der Waals surface area contributed by atoms with Gasteiger partial charge in [0.1, 0.15) is 0 Å². The molecule has 5 nitrogen and oxygen atoms in total. The normalized spacial score (nSPS) is 23.4. The summed E-state index contributed by atoms with van der Waals surface area (Å²) in [5, 5.41) is 12.2. The molecule has 2 heterocycles. The lowest BCUT2D eigenvalue weighted by Crippen LogP contribution is -2.49. The monoisotopic (exact) mass is 300 g/mol. The summed E-state index contributed by atoms with van der Waals surface area (Å²) in [6.07, 6.45) is 3.44. The number of carbonyl (C=O) groups excluding carboxylic acids is 1. The first-order chi connectivity index (χ1) is 9.51. The SMILES string of the molecule is CC1(C(=O)O)CCN(C(=O)NCC2CCSCC2)CC1. The van der Waals surface area contributed by atoms with Crippen molar-refractivity contribution in [2.24, 2.45) is 11.3 Å². The quantitative estimate of drug-likeness (QED) is 0.836. The van der Waals surface area contributed by atoms with Gasteiger partial charge in [0, 0.05) is 19.6 Å². The third kappa shape index (κ3) is 3.81. The summed E-state index contributed by atoms with van der Waals surface area (Å²) >= 11 is 1.98. The van der Waals surface area contributed by atoms with Gasteiger partial charge in [0.2, 0.25) is 0 Å². The van der Waals surface area contributed by atoms with Crippen molar-refractivity contribution in [3.05, 3.63) is 0 Å². The molecular formula is C14H24N2O3S. The molecule has 0 spiro atoms. The molecule has 6 heteroatoms. The number of carboxylic acids is 1. The van der Waals surface area contributed by atoms with Crippen LogP contribution in [0.3, 0.4) is 0 Å². The highest BCUT2D eigenvalue weighted by atomic mass is 32.2. The predicted molar refractivity (Wildman–Crippen MR) is 80.0 cm³/mol. The Morgan fingerprint density at radius 1 is 1.30 bits per heavy atom. The Labute approximate surface area is 124 Å². The highest BCUT2D eigenvalue weighted by molar-refractivity contribution is 7.99. The number of amides is 2. The van der Waals surface area contributed by atoms with Crippen LogP contribution in [-0.2, 0) is 4.79 Å². The number of urea groups is 1. The fourth-order valence-electron chi connectivity index (χ4n) is 2.71. The largest absolute Gasteiger partial charge is 0.481 e. The summed E-state index contributed by atoms with van der Waals surface area (Å²) in [5.74, 6) is 2.24. The molecule has 0 unspecified atom stereocenters. The first kappa shape index (κ1) is 15.5. The lowest BCUT2D eigenvalue weighted by Gasteiger charge is -2.36. The lowest BCUT2D eigenvalue weighted by molar-refractivity contribution is -0.150. The van der Waals surface area contributed by atoms with Crippen LogP contribution < -0.4 is 5.32 Å². The fraction of sp³-hybridized carbons (Fsp3) is 0.857. The van der Waals surface area contributed by atoms with Gasteiger partial charge in [-0.2, -0.15) is 11.8 Å². The minimum absolute atomic E-state index is 0.0318. The number of hydrogen-bond acceptors (Lipinski definition) is 3. The maximum atomic E-state index is 12.1. The summed E-state index contributed by atoms with van der Waals surface area (Å²) in [5.41, 5.74) is -0.669. The van der Waals surface area contributed by atoms with Crippen molar-refractivity contribution in [2.45, 2.75) is 32.6 Å². The van der Waals surface area contributed by atoms with E-state index in [1.54, 1.807) is 11.8 Å². The third-order valence-electron chi connectivity index (χ3n) is 4.55. The minimum Gasteiger partial charge on any atom is -0.481 e. The van der Waals surface area contributed by atoms with Crippen molar-refractivity contribution in [2.75, 3.05) is 31.1 Å². The van der Waals surface area contributed by atoms with Gasteiger partial charge in [0.05, 0.1) is 5.41 Å². The number of likely N-dealkylation sites (tertiary alicyclic amines) is 1. The predicted octanol–water partition coefficient (Wildman–Crippen LogP) is 2.03. The van der Waals surface area contributed by atoms with Crippen LogP contribution in [-0.4, -0.2) is 53.1 Å². The Kier molecular flexibility index (Phi) is 5.18. The van der Waals surface area contributed by atoms with Crippen molar-refractivity contribution in [3.8, 4) is 0 Å². The average molecular weight is 300 g/mol. The van der Waals surface area contributed by atoms with Crippen molar-refractivity contribution < 1.29 is 14.7 Å². The topological polar surface area (TPSA) is 69.6 Å². The molecule has 0 aromatic heterocycles. The molecule has 2 fully saturated rings. The zero-order valence-corrected chi connectivity index (χ0v) is 12.9. The number of carboxylic acid groups (broad SMARTS) is 1. The van der Waals surface area contributed by atoms with Gasteiger partial charge in [0.25, 0.3) is 0 Å². The van der Waals surface area contributed by atoms with Gasteiger partial charge in [-0.05, 0) is 50.0 Å². The molecule has 0 atom stereocenters. The van der Waals surface area contributed by atoms with Gasteiger partial charge in [-0.3, -0.25) is 4.79 Å². The van der Waals surface area contributed by atoms with E-state index in [0.29, 0.717) is 31.8 Å². The molecule has 0 radical (unpaired) electrons. The van der Waals surface area contributed by atoms with Gasteiger partial charge in [0.15, 0.2) is 0 Å². The number of nitrogens with one attached hydrogen (secondary N) is 1. The molecule has 2 aliphatic heterocycles. The smallest absolute Gasteiger partial charge is 0.317 e. The number of thioether (sulfide) groups is 1. The lowest BCUT2D eigenvalue weighted by atomic mass is 9.80. The highest BCUT2D eigenvalue weighted by Gasteiger charge is 2.38. The number of rotatable bonds is 3. The van der Waals surface area contributed by atoms with E-state index in [2.05, 4.69) is 5.32 Å². The summed E-state index contributed by atoms with van der Waals surface area (Å²) in [4.78, 5) is 25.0. The second-order valence-corrected chi connectivity index (χ2v) is 7.32. The molecule has 2 N–H and O–H groups in total. The first-order valence-corrected chi connectivity index (χ1v) is 8.51. The zero-order valence-electron chi connectivity index (χ0n) is 12.1. The molecule has 2 rings (SSSR count).